The van der Waals surface area contributed by atoms with Crippen LogP contribution in [0.4, 0.5) is 22.7 Å². The van der Waals surface area contributed by atoms with Crippen molar-refractivity contribution in [3.05, 3.63) is 66.2 Å². The monoisotopic (exact) mass is 700 g/mol. The van der Waals surface area contributed by atoms with Gasteiger partial charge in [-0.15, -0.1) is 19.7 Å². The van der Waals surface area contributed by atoms with Crippen molar-refractivity contribution in [1.29, 1.82) is 0 Å². The Morgan fingerprint density at radius 2 is 1.51 bits per heavy atom. The lowest BCUT2D eigenvalue weighted by atomic mass is 10.1. The summed E-state index contributed by atoms with van der Waals surface area (Å²) < 4.78 is 73.7. The molecule has 6 N–H and O–H groups in total. The molecule has 0 fully saturated rings. The van der Waals surface area contributed by atoms with Gasteiger partial charge in [0.2, 0.25) is 0 Å². The van der Waals surface area contributed by atoms with Crippen LogP contribution in [0, 0.1) is 0 Å². The van der Waals surface area contributed by atoms with E-state index in [9.17, 15) is 40.9 Å². The molecule has 0 saturated heterocycles. The van der Waals surface area contributed by atoms with Crippen molar-refractivity contribution in [2.75, 3.05) is 0 Å². The highest BCUT2D eigenvalue weighted by Gasteiger charge is 2.20. The number of carbonyl (C=O) groups is 1. The molecule has 0 aromatic heterocycles. The van der Waals surface area contributed by atoms with Gasteiger partial charge in [0, 0.05) is 10.3 Å². The van der Waals surface area contributed by atoms with Crippen molar-refractivity contribution in [1.82, 2.24) is 0 Å². The molecule has 0 amide bonds. The number of carboxylic acids is 1. The highest BCUT2D eigenvalue weighted by atomic mass is 32.2. The van der Waals surface area contributed by atoms with Crippen LogP contribution < -0.4 is 0 Å². The second kappa shape index (κ2) is 13.9. The number of azo groups is 2. The predicted octanol–water partition coefficient (Wildman–Crippen LogP) is 6.49. The molecule has 0 heterocycles. The molecule has 18 nitrogen and oxygen atoms in total. The Morgan fingerprint density at radius 3 is 2.16 bits per heavy atom. The maximum Gasteiger partial charge on any atom is 0.338 e. The van der Waals surface area contributed by atoms with Gasteiger partial charge in [0.05, 0.1) is 45.1 Å². The molecule has 22 heteroatoms. The van der Waals surface area contributed by atoms with Gasteiger partial charge in [-0.1, -0.05) is 5.04 Å². The van der Waals surface area contributed by atoms with E-state index in [0.29, 0.717) is 24.1 Å². The van der Waals surface area contributed by atoms with Crippen molar-refractivity contribution < 1.29 is 65.2 Å². The molecule has 4 rings (SSSR count). The van der Waals surface area contributed by atoms with Crippen LogP contribution in [-0.2, 0) is 33.9 Å². The molecule has 0 bridgehead atoms. The minimum atomic E-state index is -4.75. The second-order valence-corrected chi connectivity index (χ2v) is 12.7. The Morgan fingerprint density at radius 1 is 0.778 bits per heavy atom. The summed E-state index contributed by atoms with van der Waals surface area (Å²) in [6, 6.07) is 11.2. The molecule has 0 aliphatic carbocycles. The fraction of sp³-hybridized carbons (Fsp3) is 0. The number of aromatic hydroxyl groups is 1. The highest BCUT2D eigenvalue weighted by Crippen LogP contribution is 2.44. The molecule has 45 heavy (non-hydrogen) atoms. The number of hydrogen-bond acceptors (Lipinski definition) is 17. The van der Waals surface area contributed by atoms with Crippen LogP contribution in [0.3, 0.4) is 0 Å². The van der Waals surface area contributed by atoms with Crippen molar-refractivity contribution in [2.45, 2.75) is 19.6 Å². The Kier molecular flexibility index (Phi) is 10.5. The number of phenolic OH excluding ortho intramolecular Hbond substituents is 1. The number of benzene rings is 4. The van der Waals surface area contributed by atoms with E-state index in [1.54, 1.807) is 0 Å². The van der Waals surface area contributed by atoms with Gasteiger partial charge in [0.1, 0.15) is 22.0 Å². The van der Waals surface area contributed by atoms with Crippen molar-refractivity contribution >= 4 is 83.8 Å². The third kappa shape index (κ3) is 8.16. The van der Waals surface area contributed by atoms with E-state index in [2.05, 4.69) is 34.2 Å². The van der Waals surface area contributed by atoms with Gasteiger partial charge in [0.15, 0.2) is 5.75 Å². The zero-order valence-corrected chi connectivity index (χ0v) is 24.9. The first-order chi connectivity index (χ1) is 21.2. The Labute approximate surface area is 260 Å². The molecule has 0 aliphatic rings. The number of aromatic carboxylic acids is 1. The summed E-state index contributed by atoms with van der Waals surface area (Å²) in [5, 5.41) is 56.9. The van der Waals surface area contributed by atoms with E-state index in [0.717, 1.165) is 36.4 Å². The third-order valence-corrected chi connectivity index (χ3v) is 8.45. The lowest BCUT2D eigenvalue weighted by Crippen LogP contribution is -1.98. The third-order valence-electron chi connectivity index (χ3n) is 5.56. The first-order valence-corrected chi connectivity index (χ1v) is 15.8. The van der Waals surface area contributed by atoms with E-state index in [1.165, 1.54) is 24.3 Å². The molecular weight excluding hydrogens is 685 g/mol. The first kappa shape index (κ1) is 33.8. The Hall–Kier alpha value is -4.07. The fourth-order valence-corrected chi connectivity index (χ4v) is 5.64. The summed E-state index contributed by atoms with van der Waals surface area (Å²) in [6.45, 7) is 0. The molecule has 0 unspecified atom stereocenters. The molecule has 0 aliphatic heterocycles. The Balaban J connectivity index is 1.75. The van der Waals surface area contributed by atoms with E-state index in [4.69, 9.17) is 10.5 Å². The summed E-state index contributed by atoms with van der Waals surface area (Å²) in [6.07, 6.45) is 0. The van der Waals surface area contributed by atoms with Gasteiger partial charge in [0.25, 0.3) is 20.2 Å². The minimum Gasteiger partial charge on any atom is -0.505 e. The molecular formula is C23H16N4O14S4. The number of hydrogen-bond donors (Lipinski definition) is 6. The van der Waals surface area contributed by atoms with Crippen LogP contribution in [-0.4, -0.2) is 52.6 Å². The fourth-order valence-electron chi connectivity index (χ4n) is 3.65. The number of carboxylic acid groups (broad SMARTS) is 1. The van der Waals surface area contributed by atoms with Gasteiger partial charge >= 0.3 is 5.97 Å². The summed E-state index contributed by atoms with van der Waals surface area (Å²) in [5.41, 5.74) is -1.50. The SMILES string of the molecule is O=C(O)c1cc(N=Nc2cc(SOO)ccc2S(=O)(=O)O)ccc1N=Nc1c(SOOO)cc2cc(S(=O)(=O)O)ccc2c1O. The minimum absolute atomic E-state index is 0.0529. The standard InChI is InChI=1S/C23H16N4O14S4/c28-22-15-4-3-14(44(33,34)35)7-11(15)8-19(43-41-39-31)21(22)27-25-17-5-1-12(9-16(17)23(29)30)24-26-18-10-13(42-40-32)2-6-20(18)45(36,37)38/h1-10,28,31-32H,(H,29,30)(H,33,34,35)(H,36,37,38). The van der Waals surface area contributed by atoms with Crippen molar-refractivity contribution in [3.8, 4) is 5.75 Å². The largest absolute Gasteiger partial charge is 0.505 e. The average Bonchev–Trinajstić information content (AvgIpc) is 2.97. The molecule has 0 atom stereocenters. The zero-order chi connectivity index (χ0) is 32.9. The van der Waals surface area contributed by atoms with Crippen molar-refractivity contribution in [3.63, 3.8) is 0 Å². The normalized spacial score (nSPS) is 12.4. The molecule has 0 spiro atoms. The van der Waals surface area contributed by atoms with Gasteiger partial charge in [-0.05, 0) is 66.0 Å². The molecule has 4 aromatic carbocycles. The van der Waals surface area contributed by atoms with Gasteiger partial charge in [-0.2, -0.15) is 26.3 Å². The van der Waals surface area contributed by atoms with E-state index in [-0.39, 0.29) is 43.3 Å². The quantitative estimate of drug-likeness (QED) is 0.0302. The van der Waals surface area contributed by atoms with Gasteiger partial charge in [-0.3, -0.25) is 9.11 Å². The van der Waals surface area contributed by atoms with Crippen LogP contribution in [0.1, 0.15) is 10.4 Å². The smallest absolute Gasteiger partial charge is 0.338 e. The number of rotatable bonds is 12. The molecule has 236 valence electrons. The average molecular weight is 701 g/mol. The van der Waals surface area contributed by atoms with Gasteiger partial charge < -0.3 is 10.2 Å². The maximum atomic E-state index is 12.0. The number of nitrogens with zero attached hydrogens (tertiary/aromatic N) is 4. The summed E-state index contributed by atoms with van der Waals surface area (Å²) >= 11 is 0.770. The van der Waals surface area contributed by atoms with E-state index in [1.807, 2.05) is 0 Å². The number of phenols is 1. The van der Waals surface area contributed by atoms with Crippen LogP contribution in [0.2, 0.25) is 0 Å². The highest BCUT2D eigenvalue weighted by molar-refractivity contribution is 7.95. The molecule has 4 aromatic rings. The van der Waals surface area contributed by atoms with Crippen LogP contribution >= 0.6 is 24.1 Å². The molecule has 0 saturated carbocycles. The summed E-state index contributed by atoms with van der Waals surface area (Å²) in [7, 11) is -9.34. The maximum absolute atomic E-state index is 12.0. The topological polar surface area (TPSA) is 284 Å². The summed E-state index contributed by atoms with van der Waals surface area (Å²) in [5.74, 6) is -2.06. The van der Waals surface area contributed by atoms with Crippen LogP contribution in [0.15, 0.2) is 101 Å². The zero-order valence-electron chi connectivity index (χ0n) is 21.6. The van der Waals surface area contributed by atoms with Crippen LogP contribution in [0.5, 0.6) is 5.75 Å². The van der Waals surface area contributed by atoms with Crippen molar-refractivity contribution in [2.24, 2.45) is 20.5 Å². The Bertz CT molecular complexity index is 2070. The molecule has 0 radical (unpaired) electrons. The predicted molar refractivity (Wildman–Crippen MR) is 154 cm³/mol. The first-order valence-electron chi connectivity index (χ1n) is 11.5. The second-order valence-electron chi connectivity index (χ2n) is 8.32. The van der Waals surface area contributed by atoms with Crippen LogP contribution in [0.25, 0.3) is 10.8 Å². The lowest BCUT2D eigenvalue weighted by molar-refractivity contribution is -0.432. The summed E-state index contributed by atoms with van der Waals surface area (Å²) in [4.78, 5) is 11.0. The van der Waals surface area contributed by atoms with Gasteiger partial charge in [-0.25, -0.2) is 15.3 Å². The van der Waals surface area contributed by atoms with E-state index >= 15 is 0 Å². The van der Waals surface area contributed by atoms with E-state index < -0.39 is 47.3 Å². The number of fused-ring (bicyclic) bond motifs is 1. The lowest BCUT2D eigenvalue weighted by Gasteiger charge is -2.10.